The van der Waals surface area contributed by atoms with Crippen molar-refractivity contribution in [1.29, 1.82) is 0 Å². The van der Waals surface area contributed by atoms with E-state index >= 15 is 0 Å². The third-order valence-electron chi connectivity index (χ3n) is 1.77. The first kappa shape index (κ1) is 10.6. The van der Waals surface area contributed by atoms with Gasteiger partial charge in [-0.3, -0.25) is 0 Å². The van der Waals surface area contributed by atoms with Gasteiger partial charge in [-0.2, -0.15) is 5.10 Å². The van der Waals surface area contributed by atoms with Crippen LogP contribution in [0.4, 0.5) is 0 Å². The monoisotopic (exact) mass is 198 g/mol. The summed E-state index contributed by atoms with van der Waals surface area (Å²) in [4.78, 5) is 10.7. The van der Waals surface area contributed by atoms with Crippen LogP contribution in [0.25, 0.3) is 0 Å². The summed E-state index contributed by atoms with van der Waals surface area (Å²) in [5.41, 5.74) is 0.608. The maximum atomic E-state index is 10.7. The number of hydrogen-bond donors (Lipinski definition) is 1. The van der Waals surface area contributed by atoms with Crippen LogP contribution in [0.1, 0.15) is 29.9 Å². The number of nitrogens with zero attached hydrogens (tertiary/aromatic N) is 2. The van der Waals surface area contributed by atoms with Crippen LogP contribution in [0.3, 0.4) is 0 Å². The Morgan fingerprint density at radius 3 is 2.50 bits per heavy atom. The van der Waals surface area contributed by atoms with Gasteiger partial charge in [0.25, 0.3) is 0 Å². The quantitative estimate of drug-likeness (QED) is 0.792. The zero-order valence-electron chi connectivity index (χ0n) is 8.74. The molecule has 5 heteroatoms. The molecule has 5 nitrogen and oxygen atoms in total. The molecule has 14 heavy (non-hydrogen) atoms. The van der Waals surface area contributed by atoms with E-state index in [1.165, 1.54) is 4.68 Å². The van der Waals surface area contributed by atoms with Crippen molar-refractivity contribution in [1.82, 2.24) is 9.78 Å². The molecule has 0 saturated heterocycles. The average Bonchev–Trinajstić information content (AvgIpc) is 2.31. The van der Waals surface area contributed by atoms with Gasteiger partial charge in [0.1, 0.15) is 0 Å². The number of carboxylic acids is 1. The highest BCUT2D eigenvalue weighted by molar-refractivity contribution is 5.87. The molecule has 0 aliphatic carbocycles. The first-order chi connectivity index (χ1) is 6.43. The van der Waals surface area contributed by atoms with E-state index in [2.05, 4.69) is 5.10 Å². The molecule has 0 bridgehead atoms. The Hall–Kier alpha value is -1.52. The average molecular weight is 198 g/mol. The van der Waals surface area contributed by atoms with Crippen LogP contribution in [0.15, 0.2) is 0 Å². The maximum absolute atomic E-state index is 10.7. The molecule has 78 valence electrons. The predicted molar refractivity (Wildman–Crippen MR) is 50.7 cm³/mol. The predicted octanol–water partition coefficient (Wildman–Crippen LogP) is 1.21. The zero-order valence-corrected chi connectivity index (χ0v) is 8.74. The summed E-state index contributed by atoms with van der Waals surface area (Å²) in [6.07, 6.45) is 0.00532. The van der Waals surface area contributed by atoms with Crippen LogP contribution in [0, 0.1) is 6.92 Å². The number of carboxylic acid groups (broad SMARTS) is 1. The second kappa shape index (κ2) is 3.69. The molecular weight excluding hydrogens is 184 g/mol. The number of aryl methyl sites for hydroxylation is 1. The zero-order chi connectivity index (χ0) is 10.9. The van der Waals surface area contributed by atoms with E-state index in [0.29, 0.717) is 11.4 Å². The fourth-order valence-corrected chi connectivity index (χ4v) is 1.21. The molecule has 0 spiro atoms. The molecule has 1 aromatic heterocycles. The number of hydrogen-bond acceptors (Lipinski definition) is 3. The number of rotatable bonds is 3. The summed E-state index contributed by atoms with van der Waals surface area (Å²) in [6.45, 7) is 5.45. The first-order valence-corrected chi connectivity index (χ1v) is 4.37. The molecule has 0 atom stereocenters. The molecule has 0 fully saturated rings. The molecule has 1 heterocycles. The van der Waals surface area contributed by atoms with E-state index in [1.54, 1.807) is 14.0 Å². The Kier molecular flexibility index (Phi) is 2.78. The van der Waals surface area contributed by atoms with Gasteiger partial charge in [-0.25, -0.2) is 9.48 Å². The van der Waals surface area contributed by atoms with Gasteiger partial charge < -0.3 is 9.84 Å². The first-order valence-electron chi connectivity index (χ1n) is 4.37. The molecule has 0 unspecified atom stereocenters. The minimum atomic E-state index is -1.03. The largest absolute Gasteiger partial charge is 0.476 e. The SMILES string of the molecule is Cc1c(C(=O)O)nn(C)c1OC(C)C. The van der Waals surface area contributed by atoms with E-state index in [9.17, 15) is 4.79 Å². The molecule has 0 saturated carbocycles. The van der Waals surface area contributed by atoms with Crippen LogP contribution in [-0.4, -0.2) is 27.0 Å². The van der Waals surface area contributed by atoms with Gasteiger partial charge in [0, 0.05) is 12.6 Å². The maximum Gasteiger partial charge on any atom is 0.356 e. The third kappa shape index (κ3) is 1.86. The summed E-state index contributed by atoms with van der Waals surface area (Å²) in [6, 6.07) is 0. The van der Waals surface area contributed by atoms with Crippen LogP contribution in [-0.2, 0) is 7.05 Å². The number of carbonyl (C=O) groups is 1. The third-order valence-corrected chi connectivity index (χ3v) is 1.77. The Bertz CT molecular complexity index is 355. The van der Waals surface area contributed by atoms with Gasteiger partial charge in [0.05, 0.1) is 6.10 Å². The minimum Gasteiger partial charge on any atom is -0.476 e. The van der Waals surface area contributed by atoms with Crippen LogP contribution in [0.2, 0.25) is 0 Å². The topological polar surface area (TPSA) is 64.3 Å². The Morgan fingerprint density at radius 2 is 2.14 bits per heavy atom. The molecule has 1 rings (SSSR count). The lowest BCUT2D eigenvalue weighted by Crippen LogP contribution is -2.09. The molecule has 0 aliphatic rings. The highest BCUT2D eigenvalue weighted by atomic mass is 16.5. The molecule has 0 amide bonds. The second-order valence-electron chi connectivity index (χ2n) is 3.37. The van der Waals surface area contributed by atoms with Crippen LogP contribution < -0.4 is 4.74 Å². The van der Waals surface area contributed by atoms with Crippen molar-refractivity contribution in [2.24, 2.45) is 7.05 Å². The van der Waals surface area contributed by atoms with Gasteiger partial charge >= 0.3 is 5.97 Å². The van der Waals surface area contributed by atoms with Gasteiger partial charge in [0.2, 0.25) is 5.88 Å². The smallest absolute Gasteiger partial charge is 0.356 e. The molecule has 0 aliphatic heterocycles. The van der Waals surface area contributed by atoms with Gasteiger partial charge in [-0.1, -0.05) is 0 Å². The van der Waals surface area contributed by atoms with E-state index in [4.69, 9.17) is 9.84 Å². The molecule has 0 aromatic carbocycles. The standard InChI is InChI=1S/C9H14N2O3/c1-5(2)14-8-6(3)7(9(12)13)10-11(8)4/h5H,1-4H3,(H,12,13). The van der Waals surface area contributed by atoms with E-state index < -0.39 is 5.97 Å². The summed E-state index contributed by atoms with van der Waals surface area (Å²) in [5, 5.41) is 12.7. The molecule has 1 aromatic rings. The highest BCUT2D eigenvalue weighted by Crippen LogP contribution is 2.21. The van der Waals surface area contributed by atoms with Crippen molar-refractivity contribution >= 4 is 5.97 Å². The number of aromatic carboxylic acids is 1. The van der Waals surface area contributed by atoms with Gasteiger partial charge in [0.15, 0.2) is 5.69 Å². The van der Waals surface area contributed by atoms with E-state index in [0.717, 1.165) is 0 Å². The van der Waals surface area contributed by atoms with Crippen molar-refractivity contribution < 1.29 is 14.6 Å². The minimum absolute atomic E-state index is 0.00532. The van der Waals surface area contributed by atoms with Crippen molar-refractivity contribution in [2.45, 2.75) is 26.9 Å². The van der Waals surface area contributed by atoms with Crippen molar-refractivity contribution in [3.8, 4) is 5.88 Å². The fourth-order valence-electron chi connectivity index (χ4n) is 1.21. The molecular formula is C9H14N2O3. The van der Waals surface area contributed by atoms with Gasteiger partial charge in [-0.15, -0.1) is 0 Å². The van der Waals surface area contributed by atoms with Gasteiger partial charge in [-0.05, 0) is 20.8 Å². The number of ether oxygens (including phenoxy) is 1. The van der Waals surface area contributed by atoms with E-state index in [1.807, 2.05) is 13.8 Å². The molecule has 1 N–H and O–H groups in total. The molecule has 0 radical (unpaired) electrons. The Labute approximate surface area is 82.3 Å². The Balaban J connectivity index is 3.11. The summed E-state index contributed by atoms with van der Waals surface area (Å²) < 4.78 is 6.89. The lowest BCUT2D eigenvalue weighted by Gasteiger charge is -2.09. The Morgan fingerprint density at radius 1 is 1.57 bits per heavy atom. The second-order valence-corrected chi connectivity index (χ2v) is 3.37. The van der Waals surface area contributed by atoms with E-state index in [-0.39, 0.29) is 11.8 Å². The van der Waals surface area contributed by atoms with Crippen molar-refractivity contribution in [3.63, 3.8) is 0 Å². The van der Waals surface area contributed by atoms with Crippen LogP contribution >= 0.6 is 0 Å². The van der Waals surface area contributed by atoms with Crippen molar-refractivity contribution in [3.05, 3.63) is 11.3 Å². The number of aromatic nitrogens is 2. The summed E-state index contributed by atoms with van der Waals surface area (Å²) >= 11 is 0. The summed E-state index contributed by atoms with van der Waals surface area (Å²) in [5.74, 6) is -0.519. The van der Waals surface area contributed by atoms with Crippen molar-refractivity contribution in [2.75, 3.05) is 0 Å². The lowest BCUT2D eigenvalue weighted by molar-refractivity contribution is 0.0689. The van der Waals surface area contributed by atoms with Crippen LogP contribution in [0.5, 0.6) is 5.88 Å². The fraction of sp³-hybridized carbons (Fsp3) is 0.556. The lowest BCUT2D eigenvalue weighted by atomic mass is 10.2. The normalized spacial score (nSPS) is 10.6. The summed E-state index contributed by atoms with van der Waals surface area (Å²) in [7, 11) is 1.66. The highest BCUT2D eigenvalue weighted by Gasteiger charge is 2.19.